The number of carbonyl (C=O) groups excluding carboxylic acids is 2. The van der Waals surface area contributed by atoms with Crippen LogP contribution in [0.2, 0.25) is 0 Å². The van der Waals surface area contributed by atoms with E-state index in [0.29, 0.717) is 23.1 Å². The first-order chi connectivity index (χ1) is 18.0. The van der Waals surface area contributed by atoms with Gasteiger partial charge in [-0.25, -0.2) is 14.0 Å². The highest BCUT2D eigenvalue weighted by Crippen LogP contribution is 2.47. The highest BCUT2D eigenvalue weighted by atomic mass is 32.1. The van der Waals surface area contributed by atoms with E-state index in [1.165, 1.54) is 18.4 Å². The van der Waals surface area contributed by atoms with E-state index in [4.69, 9.17) is 14.2 Å². The Morgan fingerprint density at radius 2 is 1.89 bits per heavy atom. The number of rotatable bonds is 5. The number of aryl methyl sites for hydroxylation is 1. The molecule has 202 valence electrons. The Morgan fingerprint density at radius 1 is 1.16 bits per heavy atom. The van der Waals surface area contributed by atoms with Gasteiger partial charge in [-0.3, -0.25) is 4.79 Å². The molecule has 5 rings (SSSR count). The summed E-state index contributed by atoms with van der Waals surface area (Å²) in [6.07, 6.45) is 2.35. The van der Waals surface area contributed by atoms with Gasteiger partial charge in [-0.05, 0) is 70.2 Å². The molecule has 1 fully saturated rings. The molecule has 10 heteroatoms. The van der Waals surface area contributed by atoms with E-state index < -0.39 is 35.3 Å². The lowest BCUT2D eigenvalue weighted by molar-refractivity contribution is 0.0466. The minimum atomic E-state index is -1.24. The van der Waals surface area contributed by atoms with Crippen LogP contribution in [0.3, 0.4) is 0 Å². The van der Waals surface area contributed by atoms with Crippen molar-refractivity contribution in [1.82, 2.24) is 9.88 Å². The van der Waals surface area contributed by atoms with Crippen LogP contribution in [0.25, 0.3) is 21.3 Å². The highest BCUT2D eigenvalue weighted by molar-refractivity contribution is 7.15. The Bertz CT molecular complexity index is 1480. The van der Waals surface area contributed by atoms with Crippen molar-refractivity contribution in [2.24, 2.45) is 0 Å². The van der Waals surface area contributed by atoms with Crippen LogP contribution in [0.4, 0.5) is 9.18 Å². The Morgan fingerprint density at radius 3 is 2.53 bits per heavy atom. The molecule has 0 saturated heterocycles. The first-order valence-electron chi connectivity index (χ1n) is 12.6. The van der Waals surface area contributed by atoms with Crippen LogP contribution in [-0.2, 0) is 15.9 Å². The number of aromatic nitrogens is 1. The predicted octanol–water partition coefficient (Wildman–Crippen LogP) is 5.71. The lowest BCUT2D eigenvalue weighted by Gasteiger charge is -2.28. The van der Waals surface area contributed by atoms with Gasteiger partial charge >= 0.3 is 12.1 Å². The summed E-state index contributed by atoms with van der Waals surface area (Å²) in [5, 5.41) is 3.09. The second kappa shape index (κ2) is 9.72. The number of halogens is 1. The van der Waals surface area contributed by atoms with E-state index in [1.54, 1.807) is 46.2 Å². The third kappa shape index (κ3) is 4.77. The number of ether oxygens (including phenoxy) is 3. The number of benzene rings is 1. The molecule has 2 aliphatic rings. The van der Waals surface area contributed by atoms with E-state index in [1.807, 2.05) is 10.6 Å². The summed E-state index contributed by atoms with van der Waals surface area (Å²) in [5.74, 6) is -0.167. The van der Waals surface area contributed by atoms with Gasteiger partial charge in [0.15, 0.2) is 5.75 Å². The van der Waals surface area contributed by atoms with Crippen LogP contribution in [0, 0.1) is 0 Å². The normalized spacial score (nSPS) is 19.1. The van der Waals surface area contributed by atoms with Crippen molar-refractivity contribution in [3.63, 3.8) is 0 Å². The Hall–Kier alpha value is -3.40. The molecular weight excluding hydrogens is 511 g/mol. The fourth-order valence-corrected chi connectivity index (χ4v) is 6.30. The molecule has 0 bridgehead atoms. The Labute approximate surface area is 223 Å². The SMILES string of the molecule is COC(=O)c1cn(C2CC2)c2c(OC)c(-c3cc4c(s3)C(NC(=O)OC(C)(C)C)C(F)CC4)ccc2c1=O. The van der Waals surface area contributed by atoms with E-state index >= 15 is 4.39 Å². The fraction of sp³-hybridized carbons (Fsp3) is 0.464. The van der Waals surface area contributed by atoms with Gasteiger partial charge in [0.1, 0.15) is 17.3 Å². The number of alkyl halides is 1. The van der Waals surface area contributed by atoms with Gasteiger partial charge in [-0.15, -0.1) is 11.3 Å². The van der Waals surface area contributed by atoms with E-state index in [0.717, 1.165) is 33.7 Å². The van der Waals surface area contributed by atoms with Crippen molar-refractivity contribution >= 4 is 34.3 Å². The standard InChI is InChI=1S/C28H31FN2O6S/c1-28(2,3)37-27(34)30-21-19(29)11-6-14-12-20(38-25(14)21)16-9-10-17-22(24(16)35-4)31(15-7-8-15)13-18(23(17)32)26(33)36-5/h9-10,12-13,15,19,21H,6-8,11H2,1-5H3,(H,30,34). The molecule has 1 aromatic carbocycles. The van der Waals surface area contributed by atoms with Crippen LogP contribution in [-0.4, -0.2) is 42.6 Å². The summed E-state index contributed by atoms with van der Waals surface area (Å²) in [5.41, 5.74) is 1.20. The molecule has 1 saturated carbocycles. The highest BCUT2D eigenvalue weighted by Gasteiger charge is 2.35. The van der Waals surface area contributed by atoms with Crippen molar-refractivity contribution in [2.45, 2.75) is 70.3 Å². The summed E-state index contributed by atoms with van der Waals surface area (Å²) in [7, 11) is 2.80. The molecule has 0 aliphatic heterocycles. The first-order valence-corrected chi connectivity index (χ1v) is 13.4. The minimum absolute atomic E-state index is 0.0154. The number of methoxy groups -OCH3 is 2. The maximum absolute atomic E-state index is 15.0. The number of carbonyl (C=O) groups is 2. The van der Waals surface area contributed by atoms with Crippen molar-refractivity contribution in [3.8, 4) is 16.2 Å². The summed E-state index contributed by atoms with van der Waals surface area (Å²) in [4.78, 5) is 39.6. The molecule has 2 unspecified atom stereocenters. The number of nitrogens with one attached hydrogen (secondary N) is 1. The molecule has 2 aliphatic carbocycles. The molecular formula is C28H31FN2O6S. The van der Waals surface area contributed by atoms with Gasteiger partial charge in [-0.1, -0.05) is 0 Å². The monoisotopic (exact) mass is 542 g/mol. The molecule has 2 atom stereocenters. The van der Waals surface area contributed by atoms with Crippen molar-refractivity contribution < 1.29 is 28.2 Å². The molecule has 38 heavy (non-hydrogen) atoms. The molecule has 2 aromatic heterocycles. The molecule has 2 heterocycles. The largest absolute Gasteiger partial charge is 0.494 e. The molecule has 3 aromatic rings. The topological polar surface area (TPSA) is 95.9 Å². The number of thiophene rings is 1. The number of hydrogen-bond acceptors (Lipinski definition) is 7. The van der Waals surface area contributed by atoms with Gasteiger partial charge < -0.3 is 24.1 Å². The van der Waals surface area contributed by atoms with Gasteiger partial charge in [0.25, 0.3) is 0 Å². The summed E-state index contributed by atoms with van der Waals surface area (Å²) in [6, 6.07) is 4.83. The summed E-state index contributed by atoms with van der Waals surface area (Å²) >= 11 is 1.39. The van der Waals surface area contributed by atoms with Crippen LogP contribution in [0.15, 0.2) is 29.2 Å². The second-order valence-electron chi connectivity index (χ2n) is 10.7. The quantitative estimate of drug-likeness (QED) is 0.415. The fourth-order valence-electron chi connectivity index (χ4n) is 4.96. The van der Waals surface area contributed by atoms with E-state index in [9.17, 15) is 14.4 Å². The van der Waals surface area contributed by atoms with Crippen molar-refractivity contribution in [1.29, 1.82) is 0 Å². The lowest BCUT2D eigenvalue weighted by atomic mass is 9.92. The van der Waals surface area contributed by atoms with Crippen LogP contribution >= 0.6 is 11.3 Å². The predicted molar refractivity (Wildman–Crippen MR) is 143 cm³/mol. The van der Waals surface area contributed by atoms with Crippen molar-refractivity contribution in [2.75, 3.05) is 14.2 Å². The zero-order valence-electron chi connectivity index (χ0n) is 22.1. The van der Waals surface area contributed by atoms with E-state index in [2.05, 4.69) is 5.32 Å². The molecule has 1 N–H and O–H groups in total. The number of nitrogens with zero attached hydrogens (tertiary/aromatic N) is 1. The first kappa shape index (κ1) is 26.2. The number of esters is 1. The second-order valence-corrected chi connectivity index (χ2v) is 11.8. The zero-order chi connectivity index (χ0) is 27.4. The number of amides is 1. The number of fused-ring (bicyclic) bond motifs is 2. The molecule has 8 nitrogen and oxygen atoms in total. The van der Waals surface area contributed by atoms with Gasteiger partial charge in [0.2, 0.25) is 5.43 Å². The third-order valence-corrected chi connectivity index (χ3v) is 8.10. The third-order valence-electron chi connectivity index (χ3n) is 6.81. The van der Waals surface area contributed by atoms with Gasteiger partial charge in [0.05, 0.1) is 31.2 Å². The molecule has 0 spiro atoms. The number of hydrogen-bond donors (Lipinski definition) is 1. The minimum Gasteiger partial charge on any atom is -0.494 e. The summed E-state index contributed by atoms with van der Waals surface area (Å²) < 4.78 is 33.1. The molecule has 1 amide bonds. The number of pyridine rings is 1. The smallest absolute Gasteiger partial charge is 0.408 e. The lowest BCUT2D eigenvalue weighted by Crippen LogP contribution is -2.39. The van der Waals surface area contributed by atoms with Crippen LogP contribution in [0.1, 0.15) is 72.9 Å². The average molecular weight is 543 g/mol. The van der Waals surface area contributed by atoms with Crippen LogP contribution < -0.4 is 15.5 Å². The van der Waals surface area contributed by atoms with Crippen molar-refractivity contribution in [3.05, 3.63) is 50.6 Å². The summed E-state index contributed by atoms with van der Waals surface area (Å²) in [6.45, 7) is 5.28. The Balaban J connectivity index is 1.61. The van der Waals surface area contributed by atoms with E-state index in [-0.39, 0.29) is 18.0 Å². The maximum atomic E-state index is 15.0. The molecule has 0 radical (unpaired) electrons. The average Bonchev–Trinajstić information content (AvgIpc) is 3.62. The van der Waals surface area contributed by atoms with Crippen LogP contribution in [0.5, 0.6) is 5.75 Å². The maximum Gasteiger partial charge on any atom is 0.408 e. The van der Waals surface area contributed by atoms with Gasteiger partial charge in [0, 0.05) is 27.6 Å². The Kier molecular flexibility index (Phi) is 6.71. The zero-order valence-corrected chi connectivity index (χ0v) is 22.9. The number of alkyl carbamates (subject to hydrolysis) is 1. The van der Waals surface area contributed by atoms with Gasteiger partial charge in [-0.2, -0.15) is 0 Å².